The molecule has 10 rings (SSSR count). The molecule has 2 nitrogen and oxygen atoms in total. The lowest BCUT2D eigenvalue weighted by Gasteiger charge is -2.15. The average molecular weight is 731 g/mol. The lowest BCUT2D eigenvalue weighted by Crippen LogP contribution is -1.98. The van der Waals surface area contributed by atoms with Crippen LogP contribution < -0.4 is 0 Å². The van der Waals surface area contributed by atoms with Gasteiger partial charge in [0.05, 0.1) is 22.1 Å². The lowest BCUT2D eigenvalue weighted by atomic mass is 9.98. The van der Waals surface area contributed by atoms with Crippen LogP contribution in [0.25, 0.3) is 88.4 Å². The van der Waals surface area contributed by atoms with Crippen LogP contribution in [0.5, 0.6) is 0 Å². The molecule has 0 spiro atoms. The molecule has 0 saturated heterocycles. The highest BCUT2D eigenvalue weighted by Crippen LogP contribution is 2.40. The van der Waals surface area contributed by atoms with Gasteiger partial charge in [-0.15, -0.1) is 0 Å². The highest BCUT2D eigenvalue weighted by molar-refractivity contribution is 6.13. The third kappa shape index (κ3) is 6.16. The maximum absolute atomic E-state index is 2.46. The van der Waals surface area contributed by atoms with E-state index >= 15 is 0 Å². The molecule has 272 valence electrons. The number of benzene rings is 8. The van der Waals surface area contributed by atoms with Gasteiger partial charge < -0.3 is 9.13 Å². The molecule has 0 aliphatic rings. The zero-order valence-electron chi connectivity index (χ0n) is 32.2. The molecule has 2 heteroatoms. The van der Waals surface area contributed by atoms with Gasteiger partial charge in [-0.2, -0.15) is 0 Å². The van der Waals surface area contributed by atoms with Gasteiger partial charge in [0.1, 0.15) is 0 Å². The summed E-state index contributed by atoms with van der Waals surface area (Å²) in [6.45, 7) is 4.38. The molecule has 0 fully saturated rings. The fourth-order valence-corrected chi connectivity index (χ4v) is 8.68. The highest BCUT2D eigenvalue weighted by atomic mass is 15.0. The van der Waals surface area contributed by atoms with Gasteiger partial charge in [-0.1, -0.05) is 165 Å². The molecule has 0 N–H and O–H groups in total. The van der Waals surface area contributed by atoms with Crippen LogP contribution in [0.2, 0.25) is 0 Å². The Balaban J connectivity index is 1.16. The van der Waals surface area contributed by atoms with Crippen molar-refractivity contribution in [3.05, 3.63) is 218 Å². The monoisotopic (exact) mass is 730 g/mol. The summed E-state index contributed by atoms with van der Waals surface area (Å²) < 4.78 is 4.89. The largest absolute Gasteiger partial charge is 0.310 e. The molecular weight excluding hydrogens is 689 g/mol. The van der Waals surface area contributed by atoms with Crippen molar-refractivity contribution in [2.75, 3.05) is 0 Å². The van der Waals surface area contributed by atoms with Crippen molar-refractivity contribution in [3.8, 4) is 39.1 Å². The van der Waals surface area contributed by atoms with Crippen LogP contribution in [0.1, 0.15) is 25.3 Å². The van der Waals surface area contributed by atoms with Crippen molar-refractivity contribution >= 4 is 49.3 Å². The molecule has 2 aromatic heterocycles. The first kappa shape index (κ1) is 34.3. The molecule has 1 unspecified atom stereocenters. The quantitative estimate of drug-likeness (QED) is 0.138. The summed E-state index contributed by atoms with van der Waals surface area (Å²) in [5.74, 6) is 0.253. The van der Waals surface area contributed by atoms with Gasteiger partial charge >= 0.3 is 0 Å². The highest BCUT2D eigenvalue weighted by Gasteiger charge is 2.18. The van der Waals surface area contributed by atoms with E-state index in [-0.39, 0.29) is 5.92 Å². The molecule has 10 aromatic rings. The van der Waals surface area contributed by atoms with Crippen molar-refractivity contribution in [1.29, 1.82) is 0 Å². The molecule has 57 heavy (non-hydrogen) atoms. The minimum absolute atomic E-state index is 0.253. The second-order valence-corrected chi connectivity index (χ2v) is 15.0. The van der Waals surface area contributed by atoms with E-state index < -0.39 is 0 Å². The van der Waals surface area contributed by atoms with Gasteiger partial charge in [-0.3, -0.25) is 0 Å². The first-order valence-electron chi connectivity index (χ1n) is 19.9. The Morgan fingerprint density at radius 3 is 1.61 bits per heavy atom. The van der Waals surface area contributed by atoms with Gasteiger partial charge in [0.2, 0.25) is 0 Å². The third-order valence-corrected chi connectivity index (χ3v) is 11.4. The summed E-state index contributed by atoms with van der Waals surface area (Å²) in [6, 6.07) is 70.8. The normalized spacial score (nSPS) is 12.7. The maximum atomic E-state index is 2.46. The topological polar surface area (TPSA) is 9.86 Å². The van der Waals surface area contributed by atoms with Crippen LogP contribution in [0, 0.1) is 0 Å². The van der Waals surface area contributed by atoms with E-state index in [2.05, 4.69) is 235 Å². The second kappa shape index (κ2) is 14.5. The number of hydrogen-bond donors (Lipinski definition) is 0. The summed E-state index contributed by atoms with van der Waals surface area (Å²) in [5.41, 5.74) is 15.6. The number of allylic oxidation sites excluding steroid dienone is 4. The van der Waals surface area contributed by atoms with Crippen LogP contribution in [-0.2, 0) is 0 Å². The average Bonchev–Trinajstić information content (AvgIpc) is 3.79. The standard InChI is InChI=1S/C55H42N2/c1-3-17-46(32-38(2)39-18-7-4-8-19-39)56-53-27-16-14-25-49(53)51-36-42(29-31-54(51)56)43-28-30-50-48-24-13-15-26-52(48)57(55(50)37-43)47-34-44(40-20-9-5-10-21-40)33-45(35-47)41-22-11-6-12-23-41/h3-38H,1-2H3. The minimum atomic E-state index is 0.253. The second-order valence-electron chi connectivity index (χ2n) is 15.0. The lowest BCUT2D eigenvalue weighted by molar-refractivity contribution is 0.961. The van der Waals surface area contributed by atoms with Crippen LogP contribution in [0.3, 0.4) is 0 Å². The van der Waals surface area contributed by atoms with E-state index in [0.29, 0.717) is 0 Å². The van der Waals surface area contributed by atoms with Crippen LogP contribution in [0.15, 0.2) is 212 Å². The Hall–Kier alpha value is -7.16. The Kier molecular flexibility index (Phi) is 8.73. The van der Waals surface area contributed by atoms with E-state index in [4.69, 9.17) is 0 Å². The zero-order valence-corrected chi connectivity index (χ0v) is 32.2. The summed E-state index contributed by atoms with van der Waals surface area (Å²) in [5, 5.41) is 4.98. The van der Waals surface area contributed by atoms with Crippen molar-refractivity contribution in [1.82, 2.24) is 9.13 Å². The van der Waals surface area contributed by atoms with Crippen LogP contribution in [0.4, 0.5) is 0 Å². The summed E-state index contributed by atoms with van der Waals surface area (Å²) in [7, 11) is 0. The number of para-hydroxylation sites is 2. The number of nitrogens with zero attached hydrogens (tertiary/aromatic N) is 2. The number of fused-ring (bicyclic) bond motifs is 6. The number of rotatable bonds is 8. The van der Waals surface area contributed by atoms with Gasteiger partial charge in [0, 0.05) is 38.8 Å². The Labute approximate surface area is 333 Å². The molecule has 0 amide bonds. The molecule has 2 heterocycles. The van der Waals surface area contributed by atoms with Crippen molar-refractivity contribution in [3.63, 3.8) is 0 Å². The summed E-state index contributed by atoms with van der Waals surface area (Å²) >= 11 is 0. The Bertz CT molecular complexity index is 3070. The SMILES string of the molecule is CC=CC(=CC(C)c1ccccc1)n1c2ccccc2c2cc(-c3ccc4c5ccccc5n(-c5cc(-c6ccccc6)cc(-c6ccccc6)c5)c4c3)ccc21. The van der Waals surface area contributed by atoms with E-state index in [9.17, 15) is 0 Å². The van der Waals surface area contributed by atoms with Crippen molar-refractivity contribution in [2.24, 2.45) is 0 Å². The molecular formula is C55H42N2. The van der Waals surface area contributed by atoms with Gasteiger partial charge in [-0.25, -0.2) is 0 Å². The predicted molar refractivity (Wildman–Crippen MR) is 244 cm³/mol. The Morgan fingerprint density at radius 2 is 0.947 bits per heavy atom. The van der Waals surface area contributed by atoms with Gasteiger partial charge in [0.25, 0.3) is 0 Å². The minimum Gasteiger partial charge on any atom is -0.310 e. The van der Waals surface area contributed by atoms with Gasteiger partial charge in [0.15, 0.2) is 0 Å². The molecule has 8 aromatic carbocycles. The summed E-state index contributed by atoms with van der Waals surface area (Å²) in [6.07, 6.45) is 6.77. The molecule has 1 atom stereocenters. The predicted octanol–water partition coefficient (Wildman–Crippen LogP) is 15.1. The summed E-state index contributed by atoms with van der Waals surface area (Å²) in [4.78, 5) is 0. The van der Waals surface area contributed by atoms with E-state index in [0.717, 1.165) is 5.69 Å². The Morgan fingerprint density at radius 1 is 0.421 bits per heavy atom. The molecule has 0 radical (unpaired) electrons. The van der Waals surface area contributed by atoms with E-state index in [1.54, 1.807) is 0 Å². The number of aromatic nitrogens is 2. The van der Waals surface area contributed by atoms with Crippen molar-refractivity contribution in [2.45, 2.75) is 19.8 Å². The molecule has 0 bridgehead atoms. The maximum Gasteiger partial charge on any atom is 0.0547 e. The molecule has 0 aliphatic heterocycles. The fraction of sp³-hybridized carbons (Fsp3) is 0.0545. The first-order chi connectivity index (χ1) is 28.1. The molecule has 0 saturated carbocycles. The smallest absolute Gasteiger partial charge is 0.0547 e. The first-order valence-corrected chi connectivity index (χ1v) is 19.9. The van der Waals surface area contributed by atoms with E-state index in [1.165, 1.54) is 88.3 Å². The number of hydrogen-bond acceptors (Lipinski definition) is 0. The third-order valence-electron chi connectivity index (χ3n) is 11.4. The zero-order chi connectivity index (χ0) is 38.3. The molecule has 0 aliphatic carbocycles. The van der Waals surface area contributed by atoms with Gasteiger partial charge in [-0.05, 0) is 100 Å². The van der Waals surface area contributed by atoms with Crippen LogP contribution >= 0.6 is 0 Å². The van der Waals surface area contributed by atoms with Crippen LogP contribution in [-0.4, -0.2) is 9.13 Å². The van der Waals surface area contributed by atoms with Crippen molar-refractivity contribution < 1.29 is 0 Å². The van der Waals surface area contributed by atoms with E-state index in [1.807, 2.05) is 0 Å². The fourth-order valence-electron chi connectivity index (χ4n) is 8.68.